The van der Waals surface area contributed by atoms with Crippen LogP contribution in [0.3, 0.4) is 0 Å². The van der Waals surface area contributed by atoms with Gasteiger partial charge in [-0.15, -0.1) is 5.10 Å². The van der Waals surface area contributed by atoms with E-state index in [4.69, 9.17) is 0 Å². The Morgan fingerprint density at radius 3 is 2.71 bits per heavy atom. The number of H-pyrrole nitrogens is 1. The first-order valence-electron chi connectivity index (χ1n) is 8.82. The molecule has 3 heterocycles. The lowest BCUT2D eigenvalue weighted by Crippen LogP contribution is -2.33. The molecule has 0 bridgehead atoms. The number of aromatic amines is 1. The molecule has 0 saturated carbocycles. The van der Waals surface area contributed by atoms with E-state index < -0.39 is 0 Å². The molecule has 0 aliphatic heterocycles. The molecule has 142 valence electrons. The van der Waals surface area contributed by atoms with Gasteiger partial charge in [-0.3, -0.25) is 9.59 Å². The summed E-state index contributed by atoms with van der Waals surface area (Å²) in [7, 11) is 0. The van der Waals surface area contributed by atoms with Crippen molar-refractivity contribution >= 4 is 16.9 Å². The summed E-state index contributed by atoms with van der Waals surface area (Å²) in [4.78, 5) is 31.9. The van der Waals surface area contributed by atoms with Crippen LogP contribution in [-0.2, 0) is 17.9 Å². The van der Waals surface area contributed by atoms with Crippen LogP contribution in [-0.4, -0.2) is 35.4 Å². The van der Waals surface area contributed by atoms with Crippen molar-refractivity contribution in [2.24, 2.45) is 0 Å². The van der Waals surface area contributed by atoms with Gasteiger partial charge in [0.1, 0.15) is 12.4 Å². The van der Waals surface area contributed by atoms with E-state index in [1.807, 2.05) is 44.2 Å². The molecular weight excluding hydrogens is 358 g/mol. The predicted molar refractivity (Wildman–Crippen MR) is 103 cm³/mol. The Labute approximate surface area is 160 Å². The van der Waals surface area contributed by atoms with Crippen LogP contribution in [0.1, 0.15) is 17.2 Å². The number of imidazole rings is 1. The largest absolute Gasteiger partial charge is 0.347 e. The SMILES string of the molecule is Cc1cc(C)n(-c2ccc(=O)n(CC(=O)NCc3nc4ccccc4[nH]3)n2)n1. The molecule has 0 aliphatic rings. The molecule has 3 aromatic heterocycles. The smallest absolute Gasteiger partial charge is 0.267 e. The summed E-state index contributed by atoms with van der Waals surface area (Å²) in [5.74, 6) is 0.794. The van der Waals surface area contributed by atoms with Gasteiger partial charge in [0.2, 0.25) is 5.91 Å². The van der Waals surface area contributed by atoms with Gasteiger partial charge in [0.15, 0.2) is 5.82 Å². The minimum atomic E-state index is -0.357. The Morgan fingerprint density at radius 1 is 1.14 bits per heavy atom. The molecule has 1 aromatic carbocycles. The quantitative estimate of drug-likeness (QED) is 0.544. The lowest BCUT2D eigenvalue weighted by Gasteiger charge is -2.08. The summed E-state index contributed by atoms with van der Waals surface area (Å²) in [5.41, 5.74) is 3.12. The van der Waals surface area contributed by atoms with Crippen molar-refractivity contribution in [1.29, 1.82) is 0 Å². The number of aromatic nitrogens is 6. The third-order valence-electron chi connectivity index (χ3n) is 4.26. The summed E-state index contributed by atoms with van der Waals surface area (Å²) in [6, 6.07) is 12.5. The highest BCUT2D eigenvalue weighted by Crippen LogP contribution is 2.10. The van der Waals surface area contributed by atoms with Crippen LogP contribution in [0.2, 0.25) is 0 Å². The van der Waals surface area contributed by atoms with Gasteiger partial charge in [0, 0.05) is 11.8 Å². The maximum atomic E-state index is 12.3. The zero-order valence-corrected chi connectivity index (χ0v) is 15.5. The fourth-order valence-corrected chi connectivity index (χ4v) is 2.99. The monoisotopic (exact) mass is 377 g/mol. The number of nitrogens with one attached hydrogen (secondary N) is 2. The van der Waals surface area contributed by atoms with E-state index in [0.717, 1.165) is 27.1 Å². The maximum Gasteiger partial charge on any atom is 0.267 e. The number of amides is 1. The Balaban J connectivity index is 1.47. The minimum Gasteiger partial charge on any atom is -0.347 e. The molecule has 2 N–H and O–H groups in total. The molecule has 0 atom stereocenters. The topological polar surface area (TPSA) is 110 Å². The average Bonchev–Trinajstić information content (AvgIpc) is 3.24. The van der Waals surface area contributed by atoms with Gasteiger partial charge in [-0.05, 0) is 38.1 Å². The van der Waals surface area contributed by atoms with Gasteiger partial charge < -0.3 is 10.3 Å². The fraction of sp³-hybridized carbons (Fsp3) is 0.211. The number of carbonyl (C=O) groups is 1. The molecule has 1 amide bonds. The highest BCUT2D eigenvalue weighted by atomic mass is 16.2. The number of para-hydroxylation sites is 2. The van der Waals surface area contributed by atoms with Crippen LogP contribution in [0, 0.1) is 13.8 Å². The van der Waals surface area contributed by atoms with Gasteiger partial charge in [-0.25, -0.2) is 14.3 Å². The van der Waals surface area contributed by atoms with Crippen molar-refractivity contribution in [2.45, 2.75) is 26.9 Å². The second kappa shape index (κ2) is 7.10. The Morgan fingerprint density at radius 2 is 1.96 bits per heavy atom. The molecular formula is C19H19N7O2. The van der Waals surface area contributed by atoms with Crippen molar-refractivity contribution in [3.63, 3.8) is 0 Å². The van der Waals surface area contributed by atoms with Crippen molar-refractivity contribution in [1.82, 2.24) is 34.8 Å². The van der Waals surface area contributed by atoms with E-state index in [1.165, 1.54) is 6.07 Å². The number of aryl methyl sites for hydroxylation is 2. The van der Waals surface area contributed by atoms with Gasteiger partial charge in [-0.1, -0.05) is 12.1 Å². The molecule has 9 heteroatoms. The average molecular weight is 377 g/mol. The molecule has 0 aliphatic carbocycles. The molecule has 4 rings (SSSR count). The summed E-state index contributed by atoms with van der Waals surface area (Å²) in [6.07, 6.45) is 0. The number of fused-ring (bicyclic) bond motifs is 1. The number of carbonyl (C=O) groups excluding carboxylic acids is 1. The first kappa shape index (κ1) is 17.7. The van der Waals surface area contributed by atoms with Crippen LogP contribution in [0.4, 0.5) is 0 Å². The molecule has 0 spiro atoms. The van der Waals surface area contributed by atoms with E-state index in [9.17, 15) is 9.59 Å². The Hall–Kier alpha value is -3.75. The molecule has 0 radical (unpaired) electrons. The molecule has 0 unspecified atom stereocenters. The Kier molecular flexibility index (Phi) is 4.48. The highest BCUT2D eigenvalue weighted by molar-refractivity contribution is 5.76. The third-order valence-corrected chi connectivity index (χ3v) is 4.26. The van der Waals surface area contributed by atoms with Crippen LogP contribution in [0.5, 0.6) is 0 Å². The van der Waals surface area contributed by atoms with Crippen molar-refractivity contribution in [2.75, 3.05) is 0 Å². The molecule has 9 nitrogen and oxygen atoms in total. The normalized spacial score (nSPS) is 11.1. The van der Waals surface area contributed by atoms with E-state index in [0.29, 0.717) is 11.6 Å². The molecule has 0 saturated heterocycles. The number of nitrogens with zero attached hydrogens (tertiary/aromatic N) is 5. The summed E-state index contributed by atoms with van der Waals surface area (Å²) < 4.78 is 2.76. The lowest BCUT2D eigenvalue weighted by molar-refractivity contribution is -0.122. The van der Waals surface area contributed by atoms with Gasteiger partial charge in [0.05, 0.1) is 23.3 Å². The summed E-state index contributed by atoms with van der Waals surface area (Å²) in [6.45, 7) is 3.83. The van der Waals surface area contributed by atoms with Crippen molar-refractivity contribution < 1.29 is 4.79 Å². The predicted octanol–water partition coefficient (Wildman–Crippen LogP) is 1.24. The molecule has 4 aromatic rings. The second-order valence-corrected chi connectivity index (χ2v) is 6.50. The molecule has 0 fully saturated rings. The van der Waals surface area contributed by atoms with Crippen molar-refractivity contribution in [3.05, 3.63) is 70.0 Å². The second-order valence-electron chi connectivity index (χ2n) is 6.50. The van der Waals surface area contributed by atoms with Crippen LogP contribution >= 0.6 is 0 Å². The highest BCUT2D eigenvalue weighted by Gasteiger charge is 2.11. The lowest BCUT2D eigenvalue weighted by atomic mass is 10.3. The summed E-state index contributed by atoms with van der Waals surface area (Å²) >= 11 is 0. The first-order valence-corrected chi connectivity index (χ1v) is 8.82. The zero-order valence-electron chi connectivity index (χ0n) is 15.5. The van der Waals surface area contributed by atoms with Gasteiger partial charge >= 0.3 is 0 Å². The fourth-order valence-electron chi connectivity index (χ4n) is 2.99. The van der Waals surface area contributed by atoms with Crippen LogP contribution in [0.25, 0.3) is 16.9 Å². The summed E-state index contributed by atoms with van der Waals surface area (Å²) in [5, 5.41) is 11.4. The van der Waals surface area contributed by atoms with Crippen LogP contribution in [0.15, 0.2) is 47.3 Å². The van der Waals surface area contributed by atoms with Crippen molar-refractivity contribution in [3.8, 4) is 5.82 Å². The van der Waals surface area contributed by atoms with Gasteiger partial charge in [-0.2, -0.15) is 5.10 Å². The number of benzene rings is 1. The molecule has 28 heavy (non-hydrogen) atoms. The first-order chi connectivity index (χ1) is 13.5. The minimum absolute atomic E-state index is 0.188. The number of hydrogen-bond donors (Lipinski definition) is 2. The number of rotatable bonds is 5. The maximum absolute atomic E-state index is 12.3. The Bertz CT molecular complexity index is 1190. The van der Waals surface area contributed by atoms with E-state index in [-0.39, 0.29) is 24.6 Å². The van der Waals surface area contributed by atoms with Crippen LogP contribution < -0.4 is 10.9 Å². The van der Waals surface area contributed by atoms with E-state index in [2.05, 4.69) is 25.5 Å². The standard InChI is InChI=1S/C19H19N7O2/c1-12-9-13(2)26(23-12)17-7-8-19(28)25(24-17)11-18(27)20-10-16-21-14-5-3-4-6-15(14)22-16/h3-9H,10-11H2,1-2H3,(H,20,27)(H,21,22). The van der Waals surface area contributed by atoms with Gasteiger partial charge in [0.25, 0.3) is 5.56 Å². The third kappa shape index (κ3) is 3.54. The van der Waals surface area contributed by atoms with E-state index in [1.54, 1.807) is 10.7 Å². The van der Waals surface area contributed by atoms with E-state index >= 15 is 0 Å². The number of hydrogen-bond acceptors (Lipinski definition) is 5. The zero-order chi connectivity index (χ0) is 19.7.